The lowest BCUT2D eigenvalue weighted by molar-refractivity contribution is -0.0644. The van der Waals surface area contributed by atoms with Crippen LogP contribution in [-0.4, -0.2) is 24.3 Å². The molecule has 0 amide bonds. The summed E-state index contributed by atoms with van der Waals surface area (Å²) < 4.78 is 5.83. The van der Waals surface area contributed by atoms with Crippen LogP contribution in [0.15, 0.2) is 0 Å². The Morgan fingerprint density at radius 3 is 2.15 bits per heavy atom. The summed E-state index contributed by atoms with van der Waals surface area (Å²) in [5, 5.41) is 3.95. The molecule has 2 nitrogen and oxygen atoms in total. The van der Waals surface area contributed by atoms with Crippen LogP contribution < -0.4 is 5.32 Å². The third-order valence-electron chi connectivity index (χ3n) is 4.48. The van der Waals surface area contributed by atoms with Crippen molar-refractivity contribution in [3.8, 4) is 0 Å². The molecule has 1 N–H and O–H groups in total. The lowest BCUT2D eigenvalue weighted by Crippen LogP contribution is -2.47. The van der Waals surface area contributed by atoms with Gasteiger partial charge in [-0.05, 0) is 39.5 Å². The van der Waals surface area contributed by atoms with Gasteiger partial charge in [0, 0.05) is 18.7 Å². The van der Waals surface area contributed by atoms with Crippen LogP contribution in [-0.2, 0) is 4.74 Å². The molecule has 1 fully saturated rings. The van der Waals surface area contributed by atoms with Crippen molar-refractivity contribution in [2.45, 2.75) is 110 Å². The molecule has 0 radical (unpaired) electrons. The third-order valence-corrected chi connectivity index (χ3v) is 4.48. The lowest BCUT2D eigenvalue weighted by Gasteiger charge is -2.38. The van der Waals surface area contributed by atoms with Crippen molar-refractivity contribution < 1.29 is 4.74 Å². The maximum Gasteiger partial charge on any atom is 0.0641 e. The SMILES string of the molecule is CCCCCC(CCCCC)NC1CCOC(C)(C)C1. The molecule has 1 atom stereocenters. The van der Waals surface area contributed by atoms with Crippen molar-refractivity contribution >= 4 is 0 Å². The maximum atomic E-state index is 5.83. The van der Waals surface area contributed by atoms with E-state index in [-0.39, 0.29) is 5.60 Å². The second-order valence-electron chi connectivity index (χ2n) is 7.15. The normalized spacial score (nSPS) is 22.4. The topological polar surface area (TPSA) is 21.3 Å². The van der Waals surface area contributed by atoms with Gasteiger partial charge in [0.1, 0.15) is 0 Å². The van der Waals surface area contributed by atoms with E-state index in [9.17, 15) is 0 Å². The predicted molar refractivity (Wildman–Crippen MR) is 88.3 cm³/mol. The van der Waals surface area contributed by atoms with Crippen LogP contribution in [0.5, 0.6) is 0 Å². The largest absolute Gasteiger partial charge is 0.375 e. The molecule has 0 bridgehead atoms. The van der Waals surface area contributed by atoms with Crippen LogP contribution in [0, 0.1) is 0 Å². The Morgan fingerprint density at radius 1 is 1.05 bits per heavy atom. The Bertz CT molecular complexity index is 230. The van der Waals surface area contributed by atoms with Gasteiger partial charge >= 0.3 is 0 Å². The molecule has 0 aromatic heterocycles. The molecule has 20 heavy (non-hydrogen) atoms. The number of hydrogen-bond donors (Lipinski definition) is 1. The van der Waals surface area contributed by atoms with E-state index in [0.717, 1.165) is 19.1 Å². The van der Waals surface area contributed by atoms with E-state index >= 15 is 0 Å². The fourth-order valence-electron chi connectivity index (χ4n) is 3.30. The number of hydrogen-bond acceptors (Lipinski definition) is 2. The van der Waals surface area contributed by atoms with Gasteiger partial charge in [-0.25, -0.2) is 0 Å². The molecule has 1 aliphatic rings. The van der Waals surface area contributed by atoms with Gasteiger partial charge in [0.25, 0.3) is 0 Å². The molecule has 1 rings (SSSR count). The molecule has 2 heteroatoms. The number of unbranched alkanes of at least 4 members (excludes halogenated alkanes) is 4. The highest BCUT2D eigenvalue weighted by Crippen LogP contribution is 2.25. The van der Waals surface area contributed by atoms with Crippen molar-refractivity contribution in [2.75, 3.05) is 6.61 Å². The van der Waals surface area contributed by atoms with Crippen molar-refractivity contribution in [1.82, 2.24) is 5.32 Å². The zero-order valence-electron chi connectivity index (χ0n) is 14.3. The van der Waals surface area contributed by atoms with E-state index in [1.165, 1.54) is 57.8 Å². The van der Waals surface area contributed by atoms with Crippen LogP contribution in [0.2, 0.25) is 0 Å². The summed E-state index contributed by atoms with van der Waals surface area (Å²) >= 11 is 0. The molecule has 0 aromatic carbocycles. The van der Waals surface area contributed by atoms with Crippen LogP contribution in [0.4, 0.5) is 0 Å². The summed E-state index contributed by atoms with van der Waals surface area (Å²) in [7, 11) is 0. The molecule has 120 valence electrons. The van der Waals surface area contributed by atoms with Gasteiger partial charge in [0.2, 0.25) is 0 Å². The van der Waals surface area contributed by atoms with Gasteiger partial charge in [-0.1, -0.05) is 52.4 Å². The molecule has 1 unspecified atom stereocenters. The van der Waals surface area contributed by atoms with Crippen LogP contribution in [0.25, 0.3) is 0 Å². The minimum absolute atomic E-state index is 0.0628. The highest BCUT2D eigenvalue weighted by atomic mass is 16.5. The van der Waals surface area contributed by atoms with Crippen molar-refractivity contribution in [2.24, 2.45) is 0 Å². The van der Waals surface area contributed by atoms with Crippen molar-refractivity contribution in [3.05, 3.63) is 0 Å². The fraction of sp³-hybridized carbons (Fsp3) is 1.00. The molecule has 1 aliphatic heterocycles. The molecule has 0 aromatic rings. The molecule has 0 saturated carbocycles. The summed E-state index contributed by atoms with van der Waals surface area (Å²) in [4.78, 5) is 0. The van der Waals surface area contributed by atoms with Gasteiger partial charge in [0.15, 0.2) is 0 Å². The number of nitrogens with one attached hydrogen (secondary N) is 1. The maximum absolute atomic E-state index is 5.83. The summed E-state index contributed by atoms with van der Waals surface area (Å²) in [6.07, 6.45) is 13.2. The summed E-state index contributed by atoms with van der Waals surface area (Å²) in [5.41, 5.74) is 0.0628. The second-order valence-corrected chi connectivity index (χ2v) is 7.15. The van der Waals surface area contributed by atoms with Gasteiger partial charge in [-0.2, -0.15) is 0 Å². The highest BCUT2D eigenvalue weighted by molar-refractivity contribution is 4.85. The summed E-state index contributed by atoms with van der Waals surface area (Å²) in [5.74, 6) is 0. The first-order valence-electron chi connectivity index (χ1n) is 8.97. The first kappa shape index (κ1) is 18.0. The molecule has 1 heterocycles. The standard InChI is InChI=1S/C18H37NO/c1-5-7-9-11-16(12-10-8-6-2)19-17-13-14-20-18(3,4)15-17/h16-17,19H,5-15H2,1-4H3. The van der Waals surface area contributed by atoms with Crippen LogP contribution >= 0.6 is 0 Å². The van der Waals surface area contributed by atoms with Crippen LogP contribution in [0.1, 0.15) is 91.9 Å². The van der Waals surface area contributed by atoms with Crippen molar-refractivity contribution in [1.29, 1.82) is 0 Å². The summed E-state index contributed by atoms with van der Waals surface area (Å²) in [6.45, 7) is 9.95. The van der Waals surface area contributed by atoms with E-state index in [4.69, 9.17) is 4.74 Å². The van der Waals surface area contributed by atoms with E-state index in [0.29, 0.717) is 6.04 Å². The van der Waals surface area contributed by atoms with E-state index in [1.54, 1.807) is 0 Å². The average molecular weight is 284 g/mol. The van der Waals surface area contributed by atoms with Gasteiger partial charge < -0.3 is 10.1 Å². The molecule has 0 spiro atoms. The Kier molecular flexibility index (Phi) is 8.79. The molecule has 1 saturated heterocycles. The van der Waals surface area contributed by atoms with E-state index < -0.39 is 0 Å². The minimum Gasteiger partial charge on any atom is -0.375 e. The first-order valence-corrected chi connectivity index (χ1v) is 8.97. The van der Waals surface area contributed by atoms with Crippen molar-refractivity contribution in [3.63, 3.8) is 0 Å². The fourth-order valence-corrected chi connectivity index (χ4v) is 3.30. The third kappa shape index (κ3) is 7.64. The van der Waals surface area contributed by atoms with E-state index in [2.05, 4.69) is 33.0 Å². The van der Waals surface area contributed by atoms with Gasteiger partial charge in [0.05, 0.1) is 5.60 Å². The van der Waals surface area contributed by atoms with E-state index in [1.807, 2.05) is 0 Å². The van der Waals surface area contributed by atoms with Gasteiger partial charge in [-0.15, -0.1) is 0 Å². The smallest absolute Gasteiger partial charge is 0.0641 e. The zero-order chi connectivity index (χ0) is 14.8. The molecular weight excluding hydrogens is 246 g/mol. The Morgan fingerprint density at radius 2 is 1.65 bits per heavy atom. The number of ether oxygens (including phenoxy) is 1. The summed E-state index contributed by atoms with van der Waals surface area (Å²) in [6, 6.07) is 1.39. The minimum atomic E-state index is 0.0628. The first-order chi connectivity index (χ1) is 9.57. The monoisotopic (exact) mass is 283 g/mol. The lowest BCUT2D eigenvalue weighted by atomic mass is 9.92. The van der Waals surface area contributed by atoms with Gasteiger partial charge in [-0.3, -0.25) is 0 Å². The molecular formula is C18H37NO. The highest BCUT2D eigenvalue weighted by Gasteiger charge is 2.29. The zero-order valence-corrected chi connectivity index (χ0v) is 14.3. The number of rotatable bonds is 10. The predicted octanol–water partition coefficient (Wildman–Crippen LogP) is 5.06. The quantitative estimate of drug-likeness (QED) is 0.566. The van der Waals surface area contributed by atoms with Crippen LogP contribution in [0.3, 0.4) is 0 Å². The Hall–Kier alpha value is -0.0800. The molecule has 0 aliphatic carbocycles. The average Bonchev–Trinajstić information content (AvgIpc) is 2.38. The Labute approximate surface area is 127 Å². The second kappa shape index (κ2) is 9.78. The Balaban J connectivity index is 2.36.